The van der Waals surface area contributed by atoms with Crippen LogP contribution < -0.4 is 15.8 Å². The topological polar surface area (TPSA) is 50.2 Å². The molecule has 0 radical (unpaired) electrons. The summed E-state index contributed by atoms with van der Waals surface area (Å²) in [6.07, 6.45) is 3.83. The number of aromatic nitrogens is 2. The molecule has 116 valence electrons. The molecule has 0 amide bonds. The van der Waals surface area contributed by atoms with Crippen molar-refractivity contribution in [3.05, 3.63) is 51.9 Å². The first-order valence-electron chi connectivity index (χ1n) is 7.43. The molecule has 1 aromatic carbocycles. The molecule has 5 nitrogen and oxygen atoms in total. The quantitative estimate of drug-likeness (QED) is 0.945. The standard InChI is InChI=1S/C16H19ClN4O/c1-20-16(22)15(17)14(10-18-20)21-9-5-8-13(11-21)19-12-6-3-2-4-7-12/h2-4,6-7,10,13,19H,5,8-9,11H2,1H3/t13-/m0/s1. The number of benzene rings is 1. The molecule has 2 heterocycles. The third-order valence-electron chi connectivity index (χ3n) is 3.97. The molecule has 0 aliphatic carbocycles. The van der Waals surface area contributed by atoms with Gasteiger partial charge in [-0.2, -0.15) is 5.10 Å². The fraction of sp³-hybridized carbons (Fsp3) is 0.375. The van der Waals surface area contributed by atoms with E-state index in [2.05, 4.69) is 27.4 Å². The summed E-state index contributed by atoms with van der Waals surface area (Å²) in [5.74, 6) is 0. The third kappa shape index (κ3) is 3.09. The van der Waals surface area contributed by atoms with E-state index in [-0.39, 0.29) is 10.6 Å². The van der Waals surface area contributed by atoms with Crippen LogP contribution in [0.2, 0.25) is 5.02 Å². The number of hydrogen-bond acceptors (Lipinski definition) is 4. The first-order chi connectivity index (χ1) is 10.6. The monoisotopic (exact) mass is 318 g/mol. The van der Waals surface area contributed by atoms with Crippen molar-refractivity contribution in [3.63, 3.8) is 0 Å². The van der Waals surface area contributed by atoms with Crippen LogP contribution in [0.3, 0.4) is 0 Å². The summed E-state index contributed by atoms with van der Waals surface area (Å²) >= 11 is 6.20. The fourth-order valence-electron chi connectivity index (χ4n) is 2.81. The Hall–Kier alpha value is -2.01. The summed E-state index contributed by atoms with van der Waals surface area (Å²) in [5, 5.41) is 7.87. The number of piperidine rings is 1. The van der Waals surface area contributed by atoms with Crippen molar-refractivity contribution in [2.24, 2.45) is 7.05 Å². The van der Waals surface area contributed by atoms with Crippen LogP contribution in [0.4, 0.5) is 11.4 Å². The maximum atomic E-state index is 11.9. The number of rotatable bonds is 3. The fourth-order valence-corrected chi connectivity index (χ4v) is 3.10. The van der Waals surface area contributed by atoms with E-state index in [1.807, 2.05) is 18.2 Å². The summed E-state index contributed by atoms with van der Waals surface area (Å²) in [6, 6.07) is 10.5. The van der Waals surface area contributed by atoms with Gasteiger partial charge in [0.15, 0.2) is 0 Å². The van der Waals surface area contributed by atoms with Crippen molar-refractivity contribution >= 4 is 23.0 Å². The van der Waals surface area contributed by atoms with Gasteiger partial charge in [0, 0.05) is 31.9 Å². The number of para-hydroxylation sites is 1. The lowest BCUT2D eigenvalue weighted by atomic mass is 10.0. The Morgan fingerprint density at radius 3 is 2.86 bits per heavy atom. The number of nitrogens with one attached hydrogen (secondary N) is 1. The van der Waals surface area contributed by atoms with Gasteiger partial charge in [-0.25, -0.2) is 4.68 Å². The molecule has 1 fully saturated rings. The molecule has 22 heavy (non-hydrogen) atoms. The second kappa shape index (κ2) is 6.40. The second-order valence-corrected chi connectivity index (χ2v) is 5.95. The summed E-state index contributed by atoms with van der Waals surface area (Å²) in [6.45, 7) is 1.70. The van der Waals surface area contributed by atoms with E-state index in [0.29, 0.717) is 6.04 Å². The highest BCUT2D eigenvalue weighted by molar-refractivity contribution is 6.33. The highest BCUT2D eigenvalue weighted by Gasteiger charge is 2.23. The molecule has 1 N–H and O–H groups in total. The zero-order chi connectivity index (χ0) is 15.5. The molecule has 2 aromatic rings. The highest BCUT2D eigenvalue weighted by atomic mass is 35.5. The summed E-state index contributed by atoms with van der Waals surface area (Å²) < 4.78 is 1.26. The number of anilines is 2. The van der Waals surface area contributed by atoms with Crippen molar-refractivity contribution in [1.29, 1.82) is 0 Å². The molecular weight excluding hydrogens is 300 g/mol. The molecule has 1 atom stereocenters. The normalized spacial score (nSPS) is 18.3. The summed E-state index contributed by atoms with van der Waals surface area (Å²) in [4.78, 5) is 14.1. The predicted molar refractivity (Wildman–Crippen MR) is 89.8 cm³/mol. The minimum atomic E-state index is -0.252. The van der Waals surface area contributed by atoms with E-state index < -0.39 is 0 Å². The van der Waals surface area contributed by atoms with Crippen LogP contribution in [0.1, 0.15) is 12.8 Å². The van der Waals surface area contributed by atoms with Crippen molar-refractivity contribution in [3.8, 4) is 0 Å². The van der Waals surface area contributed by atoms with Crippen molar-refractivity contribution in [1.82, 2.24) is 9.78 Å². The molecule has 1 aliphatic rings. The van der Waals surface area contributed by atoms with Crippen LogP contribution in [-0.2, 0) is 7.05 Å². The molecule has 0 bridgehead atoms. The molecule has 1 saturated heterocycles. The van der Waals surface area contributed by atoms with Gasteiger partial charge in [-0.1, -0.05) is 29.8 Å². The molecule has 1 aliphatic heterocycles. The third-order valence-corrected chi connectivity index (χ3v) is 4.32. The van der Waals surface area contributed by atoms with Gasteiger partial charge in [0.2, 0.25) is 0 Å². The molecule has 6 heteroatoms. The van der Waals surface area contributed by atoms with E-state index in [1.165, 1.54) is 4.68 Å². The minimum absolute atomic E-state index is 0.248. The molecule has 1 aromatic heterocycles. The van der Waals surface area contributed by atoms with Crippen LogP contribution in [-0.4, -0.2) is 28.9 Å². The Balaban J connectivity index is 1.76. The number of hydrogen-bond donors (Lipinski definition) is 1. The Morgan fingerprint density at radius 2 is 2.09 bits per heavy atom. The number of nitrogens with zero attached hydrogens (tertiary/aromatic N) is 3. The lowest BCUT2D eigenvalue weighted by molar-refractivity contribution is 0.528. The second-order valence-electron chi connectivity index (χ2n) is 5.57. The maximum Gasteiger partial charge on any atom is 0.287 e. The van der Waals surface area contributed by atoms with E-state index >= 15 is 0 Å². The maximum absolute atomic E-state index is 11.9. The Morgan fingerprint density at radius 1 is 1.32 bits per heavy atom. The largest absolute Gasteiger partial charge is 0.381 e. The first kappa shape index (κ1) is 14.9. The lowest BCUT2D eigenvalue weighted by Crippen LogP contribution is -2.43. The minimum Gasteiger partial charge on any atom is -0.381 e. The van der Waals surface area contributed by atoms with Gasteiger partial charge in [0.05, 0.1) is 11.9 Å². The van der Waals surface area contributed by atoms with E-state index in [0.717, 1.165) is 37.3 Å². The van der Waals surface area contributed by atoms with Crippen molar-refractivity contribution in [2.45, 2.75) is 18.9 Å². The van der Waals surface area contributed by atoms with Crippen LogP contribution in [0.25, 0.3) is 0 Å². The zero-order valence-corrected chi connectivity index (χ0v) is 13.3. The Labute approximate surface area is 134 Å². The van der Waals surface area contributed by atoms with Gasteiger partial charge in [-0.05, 0) is 25.0 Å². The van der Waals surface area contributed by atoms with Gasteiger partial charge in [0.1, 0.15) is 5.02 Å². The average Bonchev–Trinajstić information content (AvgIpc) is 2.54. The van der Waals surface area contributed by atoms with Crippen LogP contribution in [0, 0.1) is 0 Å². The number of aryl methyl sites for hydroxylation is 1. The van der Waals surface area contributed by atoms with E-state index in [4.69, 9.17) is 11.6 Å². The molecule has 0 unspecified atom stereocenters. The van der Waals surface area contributed by atoms with Gasteiger partial charge in [0.25, 0.3) is 5.56 Å². The molecular formula is C16H19ClN4O. The predicted octanol–water partition coefficient (Wildman–Crippen LogP) is 2.51. The van der Waals surface area contributed by atoms with Crippen LogP contribution in [0.15, 0.2) is 41.3 Å². The van der Waals surface area contributed by atoms with E-state index in [9.17, 15) is 4.79 Å². The van der Waals surface area contributed by atoms with Crippen LogP contribution in [0.5, 0.6) is 0 Å². The smallest absolute Gasteiger partial charge is 0.287 e. The average molecular weight is 319 g/mol. The van der Waals surface area contributed by atoms with Gasteiger partial charge in [-0.3, -0.25) is 4.79 Å². The summed E-state index contributed by atoms with van der Waals surface area (Å²) in [5.41, 5.74) is 1.59. The van der Waals surface area contributed by atoms with Gasteiger partial charge >= 0.3 is 0 Å². The van der Waals surface area contributed by atoms with Crippen LogP contribution >= 0.6 is 11.6 Å². The lowest BCUT2D eigenvalue weighted by Gasteiger charge is -2.35. The Kier molecular flexibility index (Phi) is 4.34. The zero-order valence-electron chi connectivity index (χ0n) is 12.5. The molecule has 0 saturated carbocycles. The van der Waals surface area contributed by atoms with E-state index in [1.54, 1.807) is 13.2 Å². The van der Waals surface area contributed by atoms with Crippen molar-refractivity contribution in [2.75, 3.05) is 23.3 Å². The highest BCUT2D eigenvalue weighted by Crippen LogP contribution is 2.25. The molecule has 3 rings (SSSR count). The number of halogens is 1. The summed E-state index contributed by atoms with van der Waals surface area (Å²) in [7, 11) is 1.61. The molecule has 0 spiro atoms. The SMILES string of the molecule is Cn1ncc(N2CCC[C@H](Nc3ccccc3)C2)c(Cl)c1=O. The Bertz CT molecular complexity index is 701. The van der Waals surface area contributed by atoms with Crippen molar-refractivity contribution < 1.29 is 0 Å². The van der Waals surface area contributed by atoms with Gasteiger partial charge < -0.3 is 10.2 Å². The van der Waals surface area contributed by atoms with Gasteiger partial charge in [-0.15, -0.1) is 0 Å². The first-order valence-corrected chi connectivity index (χ1v) is 7.81.